The second-order valence-electron chi connectivity index (χ2n) is 6.17. The van der Waals surface area contributed by atoms with Crippen molar-refractivity contribution in [2.24, 2.45) is 4.99 Å². The Kier molecular flexibility index (Phi) is 10.7. The molecule has 1 aliphatic carbocycles. The van der Waals surface area contributed by atoms with E-state index in [-0.39, 0.29) is 24.0 Å². The van der Waals surface area contributed by atoms with E-state index >= 15 is 0 Å². The van der Waals surface area contributed by atoms with Gasteiger partial charge in [0.2, 0.25) is 0 Å². The normalized spacial score (nSPS) is 27.3. The van der Waals surface area contributed by atoms with Crippen LogP contribution in [0.25, 0.3) is 0 Å². The zero-order valence-corrected chi connectivity index (χ0v) is 18.6. The van der Waals surface area contributed by atoms with E-state index < -0.39 is 0 Å². The summed E-state index contributed by atoms with van der Waals surface area (Å²) < 4.78 is 5.85. The fourth-order valence-electron chi connectivity index (χ4n) is 3.34. The molecule has 0 aromatic heterocycles. The van der Waals surface area contributed by atoms with Crippen molar-refractivity contribution >= 4 is 53.5 Å². The van der Waals surface area contributed by atoms with Crippen LogP contribution in [-0.2, 0) is 4.74 Å². The lowest BCUT2D eigenvalue weighted by atomic mass is 9.99. The van der Waals surface area contributed by atoms with Crippen molar-refractivity contribution < 1.29 is 4.74 Å². The molecule has 2 atom stereocenters. The lowest BCUT2D eigenvalue weighted by Crippen LogP contribution is -2.49. The number of halogens is 1. The first kappa shape index (κ1) is 21.7. The Labute approximate surface area is 167 Å². The Balaban J connectivity index is 0.00000264. The van der Waals surface area contributed by atoms with Crippen molar-refractivity contribution in [1.29, 1.82) is 0 Å². The van der Waals surface area contributed by atoms with Gasteiger partial charge < -0.3 is 15.4 Å². The molecule has 2 aliphatic rings. The molecule has 1 heterocycles. The van der Waals surface area contributed by atoms with Gasteiger partial charge in [0.15, 0.2) is 5.96 Å². The summed E-state index contributed by atoms with van der Waals surface area (Å²) in [5, 5.41) is 8.01. The third kappa shape index (κ3) is 6.82. The molecule has 0 amide bonds. The molecule has 4 nitrogen and oxygen atoms in total. The lowest BCUT2D eigenvalue weighted by Gasteiger charge is -2.37. The van der Waals surface area contributed by atoms with Gasteiger partial charge in [-0.25, -0.2) is 0 Å². The average molecular weight is 473 g/mol. The molecule has 0 spiro atoms. The molecule has 2 N–H and O–H groups in total. The van der Waals surface area contributed by atoms with Crippen LogP contribution in [0.3, 0.4) is 0 Å². The minimum atomic E-state index is 0. The van der Waals surface area contributed by atoms with E-state index in [9.17, 15) is 0 Å². The number of rotatable bonds is 6. The maximum Gasteiger partial charge on any atom is 0.191 e. The fourth-order valence-corrected chi connectivity index (χ4v) is 5.38. The molecule has 2 rings (SSSR count). The molecule has 0 bridgehead atoms. The first-order chi connectivity index (χ1) is 10.7. The monoisotopic (exact) mass is 473 g/mol. The van der Waals surface area contributed by atoms with Gasteiger partial charge in [0.1, 0.15) is 0 Å². The smallest absolute Gasteiger partial charge is 0.191 e. The summed E-state index contributed by atoms with van der Waals surface area (Å²) in [4.78, 5) is 4.43. The quantitative estimate of drug-likeness (QED) is 0.352. The van der Waals surface area contributed by atoms with Gasteiger partial charge in [-0.1, -0.05) is 6.92 Å². The summed E-state index contributed by atoms with van der Waals surface area (Å²) >= 11 is 4.07. The largest absolute Gasteiger partial charge is 0.381 e. The van der Waals surface area contributed by atoms with Crippen molar-refractivity contribution in [2.75, 3.05) is 38.8 Å². The highest BCUT2D eigenvalue weighted by atomic mass is 127. The molecule has 136 valence electrons. The minimum absolute atomic E-state index is 0. The molecule has 1 saturated carbocycles. The molecule has 0 aromatic carbocycles. The van der Waals surface area contributed by atoms with E-state index in [4.69, 9.17) is 4.74 Å². The number of guanidine groups is 1. The minimum Gasteiger partial charge on any atom is -0.381 e. The maximum atomic E-state index is 5.55. The van der Waals surface area contributed by atoms with Crippen LogP contribution < -0.4 is 10.6 Å². The summed E-state index contributed by atoms with van der Waals surface area (Å²) in [5.74, 6) is 2.13. The van der Waals surface area contributed by atoms with Gasteiger partial charge in [-0.05, 0) is 44.1 Å². The molecule has 23 heavy (non-hydrogen) atoms. The lowest BCUT2D eigenvalue weighted by molar-refractivity contribution is 0.0782. The average Bonchev–Trinajstić information content (AvgIpc) is 3.00. The zero-order valence-electron chi connectivity index (χ0n) is 14.6. The van der Waals surface area contributed by atoms with Crippen LogP contribution in [0.15, 0.2) is 4.99 Å². The summed E-state index contributed by atoms with van der Waals surface area (Å²) in [6.45, 7) is 5.00. The Morgan fingerprint density at radius 3 is 2.61 bits per heavy atom. The first-order valence-corrected chi connectivity index (χ1v) is 10.7. The van der Waals surface area contributed by atoms with Gasteiger partial charge in [-0.3, -0.25) is 4.99 Å². The summed E-state index contributed by atoms with van der Waals surface area (Å²) in [7, 11) is 1.87. The fraction of sp³-hybridized carbons (Fsp3) is 0.938. The van der Waals surface area contributed by atoms with Crippen molar-refractivity contribution in [3.05, 3.63) is 0 Å². The van der Waals surface area contributed by atoms with Crippen LogP contribution in [0, 0.1) is 0 Å². The number of ether oxygens (including phenoxy) is 1. The molecule has 0 radical (unpaired) electrons. The summed E-state index contributed by atoms with van der Waals surface area (Å²) in [6.07, 6.45) is 8.32. The van der Waals surface area contributed by atoms with Crippen LogP contribution in [-0.4, -0.2) is 60.8 Å². The van der Waals surface area contributed by atoms with Crippen LogP contribution in [0.2, 0.25) is 0 Å². The second-order valence-corrected chi connectivity index (χ2v) is 9.04. The van der Waals surface area contributed by atoms with Gasteiger partial charge in [0.25, 0.3) is 0 Å². The molecule has 2 fully saturated rings. The molecule has 7 heteroatoms. The molecule has 1 saturated heterocycles. The molecule has 1 aliphatic heterocycles. The predicted octanol–water partition coefficient (Wildman–Crippen LogP) is 3.36. The topological polar surface area (TPSA) is 45.7 Å². The van der Waals surface area contributed by atoms with E-state index in [1.54, 1.807) is 0 Å². The van der Waals surface area contributed by atoms with Gasteiger partial charge in [0, 0.05) is 42.8 Å². The highest BCUT2D eigenvalue weighted by Crippen LogP contribution is 2.34. The van der Waals surface area contributed by atoms with Crippen LogP contribution in [0.4, 0.5) is 0 Å². The Bertz CT molecular complexity index is 360. The molecule has 0 aromatic rings. The van der Waals surface area contributed by atoms with Gasteiger partial charge in [-0.15, -0.1) is 24.0 Å². The zero-order chi connectivity index (χ0) is 15.8. The Morgan fingerprint density at radius 2 is 2.04 bits per heavy atom. The van der Waals surface area contributed by atoms with E-state index in [2.05, 4.69) is 40.6 Å². The third-order valence-corrected chi connectivity index (χ3v) is 7.26. The molecule has 2 unspecified atom stereocenters. The van der Waals surface area contributed by atoms with E-state index in [0.717, 1.165) is 49.6 Å². The second kappa shape index (κ2) is 11.3. The highest BCUT2D eigenvalue weighted by Gasteiger charge is 2.33. The van der Waals surface area contributed by atoms with Crippen molar-refractivity contribution in [3.8, 4) is 0 Å². The maximum absolute atomic E-state index is 5.55. The van der Waals surface area contributed by atoms with Crippen LogP contribution >= 0.6 is 47.5 Å². The summed E-state index contributed by atoms with van der Waals surface area (Å²) in [5.41, 5.74) is 0. The predicted molar refractivity (Wildman–Crippen MR) is 116 cm³/mol. The highest BCUT2D eigenvalue weighted by molar-refractivity contribution is 14.0. The van der Waals surface area contributed by atoms with E-state index in [1.807, 2.05) is 18.8 Å². The molecular weight excluding hydrogens is 441 g/mol. The number of hydrogen-bond donors (Lipinski definition) is 2. The van der Waals surface area contributed by atoms with E-state index in [1.165, 1.54) is 19.3 Å². The standard InChI is InChI=1S/C16H31N3OS2.HI/c1-4-22-16(7-9-20-10-8-16)12-18-15(17-2)19-13-5-6-14(11-13)21-3;/h13-14H,4-12H2,1-3H3,(H2,17,18,19);1H. The Morgan fingerprint density at radius 1 is 1.30 bits per heavy atom. The van der Waals surface area contributed by atoms with Crippen molar-refractivity contribution in [1.82, 2.24) is 10.6 Å². The number of nitrogens with one attached hydrogen (secondary N) is 2. The van der Waals surface area contributed by atoms with Crippen molar-refractivity contribution in [2.45, 2.75) is 55.1 Å². The van der Waals surface area contributed by atoms with Crippen LogP contribution in [0.1, 0.15) is 39.0 Å². The SMILES string of the molecule is CCSC1(CNC(=NC)NC2CCC(SC)C2)CCOCC1.I. The third-order valence-electron chi connectivity index (χ3n) is 4.71. The number of hydrogen-bond acceptors (Lipinski definition) is 4. The van der Waals surface area contributed by atoms with E-state index in [0.29, 0.717) is 10.8 Å². The number of thioether (sulfide) groups is 2. The van der Waals surface area contributed by atoms with Gasteiger partial charge in [0.05, 0.1) is 0 Å². The number of aliphatic imine (C=N–C) groups is 1. The van der Waals surface area contributed by atoms with Gasteiger partial charge >= 0.3 is 0 Å². The first-order valence-electron chi connectivity index (χ1n) is 8.43. The van der Waals surface area contributed by atoms with Gasteiger partial charge in [-0.2, -0.15) is 23.5 Å². The molecular formula is C16H32IN3OS2. The van der Waals surface area contributed by atoms with Crippen LogP contribution in [0.5, 0.6) is 0 Å². The Hall–Kier alpha value is 0.660. The van der Waals surface area contributed by atoms with Crippen molar-refractivity contribution in [3.63, 3.8) is 0 Å². The summed E-state index contributed by atoms with van der Waals surface area (Å²) in [6, 6.07) is 0.577. The number of nitrogens with zero attached hydrogens (tertiary/aromatic N) is 1.